The smallest absolute Gasteiger partial charge is 0.241 e. The predicted octanol–water partition coefficient (Wildman–Crippen LogP) is 1.95. The fraction of sp³-hybridized carbons (Fsp3) is 0.294. The van der Waals surface area contributed by atoms with Crippen LogP contribution in [0, 0.1) is 0 Å². The second-order valence-corrected chi connectivity index (χ2v) is 9.80. The van der Waals surface area contributed by atoms with E-state index in [0.29, 0.717) is 12.1 Å². The van der Waals surface area contributed by atoms with Gasteiger partial charge in [-0.3, -0.25) is 0 Å². The van der Waals surface area contributed by atoms with E-state index in [0.717, 1.165) is 24.0 Å². The van der Waals surface area contributed by atoms with Crippen LogP contribution >= 0.6 is 12.4 Å². The van der Waals surface area contributed by atoms with Gasteiger partial charge in [0.1, 0.15) is 0 Å². The van der Waals surface area contributed by atoms with E-state index in [9.17, 15) is 16.8 Å². The highest BCUT2D eigenvalue weighted by Gasteiger charge is 2.26. The van der Waals surface area contributed by atoms with Crippen LogP contribution in [0.2, 0.25) is 0 Å². The molecule has 0 fully saturated rings. The summed E-state index contributed by atoms with van der Waals surface area (Å²) in [4.78, 5) is 0.0348. The van der Waals surface area contributed by atoms with E-state index in [1.807, 2.05) is 12.1 Å². The summed E-state index contributed by atoms with van der Waals surface area (Å²) in [6.07, 6.45) is 2.43. The molecule has 0 aliphatic heterocycles. The van der Waals surface area contributed by atoms with Crippen LogP contribution in [0.3, 0.4) is 0 Å². The molecular formula is C17H22ClN3O4S2. The van der Waals surface area contributed by atoms with E-state index >= 15 is 0 Å². The summed E-state index contributed by atoms with van der Waals surface area (Å²) < 4.78 is 53.8. The minimum absolute atomic E-state index is 0. The molecule has 0 amide bonds. The number of nitrogens with two attached hydrogens (primary N) is 1. The van der Waals surface area contributed by atoms with E-state index in [2.05, 4.69) is 9.44 Å². The van der Waals surface area contributed by atoms with Crippen molar-refractivity contribution >= 4 is 38.1 Å². The molecule has 1 atom stereocenters. The molecule has 10 heteroatoms. The number of hydrogen-bond donors (Lipinski definition) is 3. The maximum Gasteiger partial charge on any atom is 0.241 e. The summed E-state index contributed by atoms with van der Waals surface area (Å²) >= 11 is 0. The van der Waals surface area contributed by atoms with Crippen molar-refractivity contribution in [2.75, 3.05) is 12.8 Å². The molecular weight excluding hydrogens is 410 g/mol. The molecule has 0 heterocycles. The number of halogens is 1. The van der Waals surface area contributed by atoms with Gasteiger partial charge in [0.25, 0.3) is 0 Å². The maximum atomic E-state index is 12.7. The molecule has 0 radical (unpaired) electrons. The van der Waals surface area contributed by atoms with Crippen molar-refractivity contribution in [1.82, 2.24) is 9.44 Å². The van der Waals surface area contributed by atoms with Crippen LogP contribution in [0.1, 0.15) is 30.0 Å². The maximum absolute atomic E-state index is 12.7. The highest BCUT2D eigenvalue weighted by molar-refractivity contribution is 7.90. The zero-order chi connectivity index (χ0) is 18.9. The minimum Gasteiger partial charge on any atom is -0.399 e. The Bertz CT molecular complexity index is 1020. The first-order valence-electron chi connectivity index (χ1n) is 8.17. The number of rotatable bonds is 5. The Morgan fingerprint density at radius 2 is 1.56 bits per heavy atom. The van der Waals surface area contributed by atoms with Gasteiger partial charge in [-0.25, -0.2) is 26.3 Å². The van der Waals surface area contributed by atoms with Crippen molar-refractivity contribution in [3.05, 3.63) is 53.6 Å². The molecule has 0 aromatic heterocycles. The number of fused-ring (bicyclic) bond motifs is 1. The van der Waals surface area contributed by atoms with Crippen LogP contribution < -0.4 is 15.2 Å². The molecule has 27 heavy (non-hydrogen) atoms. The second kappa shape index (κ2) is 8.15. The normalized spacial score (nSPS) is 17.0. The average molecular weight is 432 g/mol. The summed E-state index contributed by atoms with van der Waals surface area (Å²) in [5.74, 6) is 0. The molecule has 1 aliphatic rings. The minimum atomic E-state index is -3.78. The van der Waals surface area contributed by atoms with Crippen molar-refractivity contribution in [3.8, 4) is 0 Å². The van der Waals surface area contributed by atoms with Crippen LogP contribution in [0.15, 0.2) is 52.3 Å². The molecule has 3 rings (SSSR count). The monoisotopic (exact) mass is 431 g/mol. The summed E-state index contributed by atoms with van der Waals surface area (Å²) in [5, 5.41) is 0. The number of nitrogens with one attached hydrogen (secondary N) is 2. The van der Waals surface area contributed by atoms with Gasteiger partial charge >= 0.3 is 0 Å². The molecule has 0 saturated carbocycles. The average Bonchev–Trinajstić information content (AvgIpc) is 2.61. The van der Waals surface area contributed by atoms with E-state index in [-0.39, 0.29) is 28.2 Å². The highest BCUT2D eigenvalue weighted by atomic mass is 35.5. The van der Waals surface area contributed by atoms with Crippen molar-refractivity contribution in [2.45, 2.75) is 35.1 Å². The first-order valence-corrected chi connectivity index (χ1v) is 11.1. The van der Waals surface area contributed by atoms with E-state index < -0.39 is 20.0 Å². The molecule has 2 aromatic rings. The molecule has 0 spiro atoms. The van der Waals surface area contributed by atoms with Gasteiger partial charge in [0, 0.05) is 11.7 Å². The van der Waals surface area contributed by atoms with E-state index in [4.69, 9.17) is 5.73 Å². The van der Waals surface area contributed by atoms with Gasteiger partial charge in [0.05, 0.1) is 9.79 Å². The molecule has 0 saturated heterocycles. The lowest BCUT2D eigenvalue weighted by atomic mass is 9.88. The summed E-state index contributed by atoms with van der Waals surface area (Å²) in [5.41, 5.74) is 8.46. The lowest BCUT2D eigenvalue weighted by molar-refractivity contribution is 0.507. The quantitative estimate of drug-likeness (QED) is 0.625. The number of benzene rings is 2. The summed E-state index contributed by atoms with van der Waals surface area (Å²) in [7, 11) is -6.09. The topological polar surface area (TPSA) is 118 Å². The van der Waals surface area contributed by atoms with Gasteiger partial charge < -0.3 is 5.73 Å². The Balaban J connectivity index is 0.00000261. The fourth-order valence-corrected chi connectivity index (χ4v) is 5.11. The van der Waals surface area contributed by atoms with E-state index in [1.165, 1.54) is 31.3 Å². The molecule has 4 N–H and O–H groups in total. The van der Waals surface area contributed by atoms with Crippen molar-refractivity contribution in [2.24, 2.45) is 0 Å². The number of nitrogen functional groups attached to an aromatic ring is 1. The lowest BCUT2D eigenvalue weighted by Gasteiger charge is -2.26. The third kappa shape index (κ3) is 4.61. The Kier molecular flexibility index (Phi) is 6.54. The van der Waals surface area contributed by atoms with Gasteiger partial charge in [-0.2, -0.15) is 0 Å². The zero-order valence-electron chi connectivity index (χ0n) is 14.7. The molecule has 1 aliphatic carbocycles. The van der Waals surface area contributed by atoms with Gasteiger partial charge in [-0.1, -0.05) is 6.07 Å². The van der Waals surface area contributed by atoms with Crippen molar-refractivity contribution in [1.29, 1.82) is 0 Å². The highest BCUT2D eigenvalue weighted by Crippen LogP contribution is 2.32. The molecule has 1 unspecified atom stereocenters. The van der Waals surface area contributed by atoms with Gasteiger partial charge in [0.15, 0.2) is 0 Å². The van der Waals surface area contributed by atoms with Gasteiger partial charge in [-0.15, -0.1) is 12.4 Å². The van der Waals surface area contributed by atoms with E-state index in [1.54, 1.807) is 6.07 Å². The van der Waals surface area contributed by atoms with Gasteiger partial charge in [0.2, 0.25) is 20.0 Å². The molecule has 148 valence electrons. The van der Waals surface area contributed by atoms with Gasteiger partial charge in [-0.05, 0) is 73.8 Å². The Hall–Kier alpha value is -1.65. The Morgan fingerprint density at radius 3 is 2.15 bits per heavy atom. The lowest BCUT2D eigenvalue weighted by Crippen LogP contribution is -2.31. The van der Waals surface area contributed by atoms with Crippen LogP contribution in [0.25, 0.3) is 0 Å². The first-order chi connectivity index (χ1) is 12.2. The number of hydrogen-bond acceptors (Lipinski definition) is 5. The fourth-order valence-electron chi connectivity index (χ4n) is 3.13. The van der Waals surface area contributed by atoms with Crippen molar-refractivity contribution < 1.29 is 16.8 Å². The third-order valence-electron chi connectivity index (χ3n) is 4.49. The Labute approximate surface area is 165 Å². The molecule has 2 aromatic carbocycles. The number of anilines is 1. The summed E-state index contributed by atoms with van der Waals surface area (Å²) in [6.45, 7) is 0. The summed E-state index contributed by atoms with van der Waals surface area (Å²) in [6, 6.07) is 10.3. The molecule has 0 bridgehead atoms. The zero-order valence-corrected chi connectivity index (χ0v) is 17.1. The van der Waals surface area contributed by atoms with Crippen LogP contribution in [0.5, 0.6) is 0 Å². The SMILES string of the molecule is CNS(=O)(=O)c1ccc(S(=O)(=O)NC2CCCc3cc(N)ccc32)cc1.Cl. The largest absolute Gasteiger partial charge is 0.399 e. The third-order valence-corrected chi connectivity index (χ3v) is 7.41. The van der Waals surface area contributed by atoms with Crippen LogP contribution in [-0.4, -0.2) is 23.9 Å². The Morgan fingerprint density at radius 1 is 0.963 bits per heavy atom. The van der Waals surface area contributed by atoms with Crippen LogP contribution in [0.4, 0.5) is 5.69 Å². The predicted molar refractivity (Wildman–Crippen MR) is 107 cm³/mol. The standard InChI is InChI=1S/C17H21N3O4S2.ClH/c1-19-25(21,22)14-6-8-15(9-7-14)26(23,24)20-17-4-2-3-12-11-13(18)5-10-16(12)17;/h5-11,17,19-20H,2-4,18H2,1H3;1H. The molecule has 7 nitrogen and oxygen atoms in total. The number of sulfonamides is 2. The second-order valence-electron chi connectivity index (χ2n) is 6.20. The van der Waals surface area contributed by atoms with Crippen LogP contribution in [-0.2, 0) is 26.5 Å². The van der Waals surface area contributed by atoms with Crippen molar-refractivity contribution in [3.63, 3.8) is 0 Å². The number of aryl methyl sites for hydroxylation is 1. The first kappa shape index (κ1) is 21.6.